The minimum absolute atomic E-state index is 0.0872. The van der Waals surface area contributed by atoms with E-state index in [1.54, 1.807) is 30.9 Å². The highest BCUT2D eigenvalue weighted by atomic mass is 19.1. The highest BCUT2D eigenvalue weighted by Crippen LogP contribution is 2.39. The number of fused-ring (bicyclic) bond motifs is 1. The number of ether oxygens (including phenoxy) is 1. The fourth-order valence-corrected chi connectivity index (χ4v) is 4.52. The molecular weight excluding hydrogens is 426 g/mol. The van der Waals surface area contributed by atoms with Crippen molar-refractivity contribution in [3.05, 3.63) is 87.2 Å². The molecule has 0 radical (unpaired) electrons. The Morgan fingerprint density at radius 1 is 1.09 bits per heavy atom. The number of hydrogen-bond acceptors (Lipinski definition) is 4. The van der Waals surface area contributed by atoms with E-state index in [9.17, 15) is 13.6 Å². The van der Waals surface area contributed by atoms with Gasteiger partial charge in [-0.1, -0.05) is 0 Å². The molecule has 4 heterocycles. The zero-order valence-electron chi connectivity index (χ0n) is 18.7. The van der Waals surface area contributed by atoms with Gasteiger partial charge in [-0.2, -0.15) is 5.10 Å². The number of nitrogens with zero attached hydrogens (tertiary/aromatic N) is 4. The van der Waals surface area contributed by atoms with E-state index in [-0.39, 0.29) is 23.1 Å². The van der Waals surface area contributed by atoms with Crippen LogP contribution >= 0.6 is 0 Å². The Balaban J connectivity index is 1.67. The smallest absolute Gasteiger partial charge is 0.261 e. The molecule has 0 bridgehead atoms. The Morgan fingerprint density at radius 3 is 2.64 bits per heavy atom. The number of pyridine rings is 1. The second-order valence-electron chi connectivity index (χ2n) is 8.66. The second-order valence-corrected chi connectivity index (χ2v) is 8.66. The standard InChI is InChI=1S/C25H24F2N4O2/c1-14-15(2)29-24-21(20-5-4-19(26)10-22(20)27)8-17(13-31(24)25(14)32)16-6-7-33-23(9-16)18-11-28-30(3)12-18/h4-5,8,10-13,16,23H,6-7,9H2,1-3H3/t16-,23+/m1/s1. The minimum Gasteiger partial charge on any atom is -0.373 e. The van der Waals surface area contributed by atoms with Crippen molar-refractivity contribution in [2.45, 2.75) is 38.7 Å². The minimum atomic E-state index is -0.693. The summed E-state index contributed by atoms with van der Waals surface area (Å²) in [6.45, 7) is 4.05. The average molecular weight is 450 g/mol. The van der Waals surface area contributed by atoms with Crippen LogP contribution in [0, 0.1) is 25.5 Å². The summed E-state index contributed by atoms with van der Waals surface area (Å²) in [6.07, 6.45) is 6.89. The van der Waals surface area contributed by atoms with Gasteiger partial charge in [0, 0.05) is 60.1 Å². The molecule has 2 atom stereocenters. The molecule has 4 aromatic rings. The van der Waals surface area contributed by atoms with Crippen LogP contribution in [0.4, 0.5) is 8.78 Å². The van der Waals surface area contributed by atoms with Gasteiger partial charge in [0.2, 0.25) is 0 Å². The molecule has 0 unspecified atom stereocenters. The Morgan fingerprint density at radius 2 is 1.91 bits per heavy atom. The molecule has 1 aromatic carbocycles. The summed E-state index contributed by atoms with van der Waals surface area (Å²) in [5, 5.41) is 4.24. The molecule has 6 nitrogen and oxygen atoms in total. The number of rotatable bonds is 3. The van der Waals surface area contributed by atoms with Gasteiger partial charge in [-0.3, -0.25) is 13.9 Å². The third-order valence-electron chi connectivity index (χ3n) is 6.49. The van der Waals surface area contributed by atoms with Gasteiger partial charge in [0.05, 0.1) is 12.3 Å². The lowest BCUT2D eigenvalue weighted by atomic mass is 9.86. The fourth-order valence-electron chi connectivity index (χ4n) is 4.52. The van der Waals surface area contributed by atoms with Crippen LogP contribution in [-0.2, 0) is 11.8 Å². The molecule has 1 saturated heterocycles. The van der Waals surface area contributed by atoms with E-state index < -0.39 is 11.6 Å². The second kappa shape index (κ2) is 8.19. The largest absolute Gasteiger partial charge is 0.373 e. The molecule has 0 spiro atoms. The maximum absolute atomic E-state index is 14.8. The topological polar surface area (TPSA) is 61.4 Å². The molecule has 1 aliphatic rings. The van der Waals surface area contributed by atoms with Gasteiger partial charge in [-0.15, -0.1) is 0 Å². The van der Waals surface area contributed by atoms with Crippen molar-refractivity contribution in [1.82, 2.24) is 19.2 Å². The number of aromatic nitrogens is 4. The van der Waals surface area contributed by atoms with E-state index in [2.05, 4.69) is 10.1 Å². The summed E-state index contributed by atoms with van der Waals surface area (Å²) in [5.41, 5.74) is 3.85. The first kappa shape index (κ1) is 21.5. The van der Waals surface area contributed by atoms with Crippen molar-refractivity contribution < 1.29 is 13.5 Å². The van der Waals surface area contributed by atoms with Crippen molar-refractivity contribution >= 4 is 5.65 Å². The predicted octanol–water partition coefficient (Wildman–Crippen LogP) is 4.63. The first-order chi connectivity index (χ1) is 15.8. The third kappa shape index (κ3) is 3.84. The number of hydrogen-bond donors (Lipinski definition) is 0. The summed E-state index contributed by atoms with van der Waals surface area (Å²) in [7, 11) is 1.86. The number of halogens is 2. The van der Waals surface area contributed by atoms with Crippen molar-refractivity contribution in [1.29, 1.82) is 0 Å². The Kier molecular flexibility index (Phi) is 5.32. The molecule has 1 aliphatic heterocycles. The molecule has 0 amide bonds. The number of aryl methyl sites for hydroxylation is 2. The van der Waals surface area contributed by atoms with E-state index >= 15 is 0 Å². The van der Waals surface area contributed by atoms with Gasteiger partial charge in [-0.05, 0) is 56.4 Å². The maximum Gasteiger partial charge on any atom is 0.261 e. The first-order valence-electron chi connectivity index (χ1n) is 10.9. The van der Waals surface area contributed by atoms with Crippen LogP contribution in [0.25, 0.3) is 16.8 Å². The van der Waals surface area contributed by atoms with E-state index in [1.807, 2.05) is 19.3 Å². The lowest BCUT2D eigenvalue weighted by molar-refractivity contribution is 0.00518. The van der Waals surface area contributed by atoms with E-state index in [4.69, 9.17) is 4.74 Å². The first-order valence-corrected chi connectivity index (χ1v) is 10.9. The van der Waals surface area contributed by atoms with Crippen molar-refractivity contribution in [2.24, 2.45) is 7.05 Å². The van der Waals surface area contributed by atoms with E-state index in [1.165, 1.54) is 16.5 Å². The summed E-state index contributed by atoms with van der Waals surface area (Å²) in [5.74, 6) is -1.26. The van der Waals surface area contributed by atoms with Gasteiger partial charge < -0.3 is 4.74 Å². The zero-order valence-corrected chi connectivity index (χ0v) is 18.7. The molecule has 1 fully saturated rings. The van der Waals surface area contributed by atoms with Crippen LogP contribution in [0.3, 0.4) is 0 Å². The molecule has 5 rings (SSSR count). The van der Waals surface area contributed by atoms with Gasteiger partial charge in [0.1, 0.15) is 17.3 Å². The van der Waals surface area contributed by atoms with Crippen molar-refractivity contribution in [3.63, 3.8) is 0 Å². The SMILES string of the molecule is Cc1nc2c(-c3ccc(F)cc3F)cc([C@@H]3CCO[C@H](c4cnn(C)c4)C3)cn2c(=O)c1C. The van der Waals surface area contributed by atoms with Crippen LogP contribution in [0.1, 0.15) is 47.2 Å². The van der Waals surface area contributed by atoms with Gasteiger partial charge >= 0.3 is 0 Å². The lowest BCUT2D eigenvalue weighted by Gasteiger charge is -2.30. The highest BCUT2D eigenvalue weighted by Gasteiger charge is 2.27. The summed E-state index contributed by atoms with van der Waals surface area (Å²) in [4.78, 5) is 17.7. The highest BCUT2D eigenvalue weighted by molar-refractivity contribution is 5.78. The van der Waals surface area contributed by atoms with E-state index in [0.29, 0.717) is 35.5 Å². The molecule has 8 heteroatoms. The average Bonchev–Trinajstić information content (AvgIpc) is 3.24. The molecule has 0 N–H and O–H groups in total. The van der Waals surface area contributed by atoms with Gasteiger partial charge in [0.15, 0.2) is 0 Å². The Bertz CT molecular complexity index is 1430. The van der Waals surface area contributed by atoms with Gasteiger partial charge in [-0.25, -0.2) is 13.8 Å². The summed E-state index contributed by atoms with van der Waals surface area (Å²) in [6, 6.07) is 5.34. The lowest BCUT2D eigenvalue weighted by Crippen LogP contribution is -2.23. The van der Waals surface area contributed by atoms with E-state index in [0.717, 1.165) is 23.6 Å². The molecule has 0 aliphatic carbocycles. The molecular formula is C25H24F2N4O2. The van der Waals surface area contributed by atoms with Crippen LogP contribution < -0.4 is 5.56 Å². The van der Waals surface area contributed by atoms with Crippen LogP contribution in [-0.4, -0.2) is 25.8 Å². The summed E-state index contributed by atoms with van der Waals surface area (Å²) < 4.78 is 37.6. The van der Waals surface area contributed by atoms with Crippen molar-refractivity contribution in [3.8, 4) is 11.1 Å². The zero-order chi connectivity index (χ0) is 23.3. The van der Waals surface area contributed by atoms with Crippen molar-refractivity contribution in [2.75, 3.05) is 6.61 Å². The molecule has 0 saturated carbocycles. The quantitative estimate of drug-likeness (QED) is 0.457. The van der Waals surface area contributed by atoms with Crippen LogP contribution in [0.5, 0.6) is 0 Å². The molecule has 170 valence electrons. The Hall–Kier alpha value is -3.39. The maximum atomic E-state index is 14.8. The molecule has 3 aromatic heterocycles. The normalized spacial score (nSPS) is 18.7. The van der Waals surface area contributed by atoms with Crippen LogP contribution in [0.15, 0.2) is 47.7 Å². The fraction of sp³-hybridized carbons (Fsp3) is 0.320. The summed E-state index contributed by atoms with van der Waals surface area (Å²) >= 11 is 0. The van der Waals surface area contributed by atoms with Crippen LogP contribution in [0.2, 0.25) is 0 Å². The Labute approximate surface area is 189 Å². The monoisotopic (exact) mass is 450 g/mol. The predicted molar refractivity (Wildman–Crippen MR) is 120 cm³/mol. The third-order valence-corrected chi connectivity index (χ3v) is 6.49. The number of benzene rings is 1. The molecule has 33 heavy (non-hydrogen) atoms. The van der Waals surface area contributed by atoms with Gasteiger partial charge in [0.25, 0.3) is 5.56 Å².